The molecule has 1 aromatic carbocycles. The van der Waals surface area contributed by atoms with Crippen LogP contribution < -0.4 is 15.4 Å². The molecule has 3 rings (SSSR count). The molecule has 1 fully saturated rings. The van der Waals surface area contributed by atoms with Crippen LogP contribution in [0.15, 0.2) is 18.2 Å². The molecule has 2 N–H and O–H groups in total. The Labute approximate surface area is 94.0 Å². The van der Waals surface area contributed by atoms with E-state index in [1.807, 2.05) is 18.2 Å². The van der Waals surface area contributed by atoms with Gasteiger partial charge >= 0.3 is 0 Å². The van der Waals surface area contributed by atoms with Crippen LogP contribution in [0.5, 0.6) is 5.75 Å². The predicted molar refractivity (Wildman–Crippen MR) is 61.8 cm³/mol. The Balaban J connectivity index is 1.99. The van der Waals surface area contributed by atoms with Crippen molar-refractivity contribution in [2.24, 2.45) is 0 Å². The molecule has 0 unspecified atom stereocenters. The second-order valence-electron chi connectivity index (χ2n) is 4.43. The lowest BCUT2D eigenvalue weighted by atomic mass is 9.74. The van der Waals surface area contributed by atoms with Gasteiger partial charge in [-0.1, -0.05) is 0 Å². The monoisotopic (exact) mass is 218 g/mol. The number of hydrogen-bond donors (Lipinski definition) is 2. The molecule has 84 valence electrons. The normalized spacial score (nSPS) is 20.4. The van der Waals surface area contributed by atoms with E-state index in [4.69, 9.17) is 4.74 Å². The minimum atomic E-state index is -0.362. The van der Waals surface area contributed by atoms with Gasteiger partial charge in [-0.2, -0.15) is 0 Å². The van der Waals surface area contributed by atoms with E-state index in [2.05, 4.69) is 10.6 Å². The average molecular weight is 218 g/mol. The Morgan fingerprint density at radius 3 is 2.75 bits per heavy atom. The second-order valence-corrected chi connectivity index (χ2v) is 4.43. The summed E-state index contributed by atoms with van der Waals surface area (Å²) in [6, 6.07) is 5.64. The van der Waals surface area contributed by atoms with Gasteiger partial charge in [-0.05, 0) is 31.4 Å². The number of carbonyl (C=O) groups is 1. The third-order valence-electron chi connectivity index (χ3n) is 3.49. The van der Waals surface area contributed by atoms with Crippen LogP contribution in [0.2, 0.25) is 0 Å². The standard InChI is InChI=1S/C12H14N2O2/c1-16-8-3-4-9-10(7-8)14-12(5-2-6-12)11(15)13-9/h3-4,7,14H,2,5-6H2,1H3,(H,13,15). The van der Waals surface area contributed by atoms with E-state index in [1.165, 1.54) is 0 Å². The van der Waals surface area contributed by atoms with Crippen molar-refractivity contribution >= 4 is 17.3 Å². The molecule has 1 aliphatic carbocycles. The van der Waals surface area contributed by atoms with Gasteiger partial charge in [-0.15, -0.1) is 0 Å². The molecule has 0 bridgehead atoms. The smallest absolute Gasteiger partial charge is 0.250 e. The SMILES string of the molecule is COc1ccc2c(c1)NC1(CCC1)C(=O)N2. The Kier molecular flexibility index (Phi) is 1.87. The number of rotatable bonds is 1. The lowest BCUT2D eigenvalue weighted by Gasteiger charge is -2.44. The Morgan fingerprint density at radius 1 is 1.31 bits per heavy atom. The van der Waals surface area contributed by atoms with E-state index in [1.54, 1.807) is 7.11 Å². The van der Waals surface area contributed by atoms with E-state index in [0.29, 0.717) is 0 Å². The highest BCUT2D eigenvalue weighted by atomic mass is 16.5. The van der Waals surface area contributed by atoms with Crippen LogP contribution in [0.1, 0.15) is 19.3 Å². The quantitative estimate of drug-likeness (QED) is 0.757. The average Bonchev–Trinajstić information content (AvgIpc) is 2.25. The van der Waals surface area contributed by atoms with Crippen molar-refractivity contribution in [3.8, 4) is 5.75 Å². The van der Waals surface area contributed by atoms with Gasteiger partial charge in [0.2, 0.25) is 5.91 Å². The Morgan fingerprint density at radius 2 is 2.12 bits per heavy atom. The lowest BCUT2D eigenvalue weighted by Crippen LogP contribution is -2.57. The topological polar surface area (TPSA) is 50.4 Å². The Bertz CT molecular complexity index is 452. The molecule has 4 heteroatoms. The molecule has 1 spiro atoms. The minimum Gasteiger partial charge on any atom is -0.497 e. The van der Waals surface area contributed by atoms with Crippen molar-refractivity contribution < 1.29 is 9.53 Å². The van der Waals surface area contributed by atoms with Crippen LogP contribution >= 0.6 is 0 Å². The number of ether oxygens (including phenoxy) is 1. The first kappa shape index (κ1) is 9.51. The predicted octanol–water partition coefficient (Wildman–Crippen LogP) is 1.98. The van der Waals surface area contributed by atoms with E-state index in [0.717, 1.165) is 36.4 Å². The fourth-order valence-corrected chi connectivity index (χ4v) is 2.30. The van der Waals surface area contributed by atoms with Gasteiger partial charge < -0.3 is 15.4 Å². The molecular weight excluding hydrogens is 204 g/mol. The van der Waals surface area contributed by atoms with Crippen LogP contribution in [-0.2, 0) is 4.79 Å². The molecule has 4 nitrogen and oxygen atoms in total. The second kappa shape index (κ2) is 3.14. The highest BCUT2D eigenvalue weighted by Crippen LogP contribution is 2.42. The molecule has 1 saturated carbocycles. The summed E-state index contributed by atoms with van der Waals surface area (Å²) in [5.74, 6) is 0.897. The van der Waals surface area contributed by atoms with Crippen molar-refractivity contribution in [1.82, 2.24) is 0 Å². The maximum absolute atomic E-state index is 11.9. The van der Waals surface area contributed by atoms with Gasteiger partial charge in [0.1, 0.15) is 11.3 Å². The molecule has 0 radical (unpaired) electrons. The molecule has 0 saturated heterocycles. The fraction of sp³-hybridized carbons (Fsp3) is 0.417. The largest absolute Gasteiger partial charge is 0.497 e. The van der Waals surface area contributed by atoms with Gasteiger partial charge in [0, 0.05) is 6.07 Å². The van der Waals surface area contributed by atoms with Crippen LogP contribution in [0.4, 0.5) is 11.4 Å². The van der Waals surface area contributed by atoms with Gasteiger partial charge in [0.15, 0.2) is 0 Å². The summed E-state index contributed by atoms with van der Waals surface area (Å²) in [6.07, 6.45) is 2.94. The fourth-order valence-electron chi connectivity index (χ4n) is 2.30. The van der Waals surface area contributed by atoms with Gasteiger partial charge in [-0.25, -0.2) is 0 Å². The zero-order chi connectivity index (χ0) is 11.2. The molecule has 16 heavy (non-hydrogen) atoms. The summed E-state index contributed by atoms with van der Waals surface area (Å²) < 4.78 is 5.17. The van der Waals surface area contributed by atoms with Crippen molar-refractivity contribution in [3.63, 3.8) is 0 Å². The molecule has 1 aliphatic heterocycles. The maximum Gasteiger partial charge on any atom is 0.250 e. The minimum absolute atomic E-state index is 0.0939. The highest BCUT2D eigenvalue weighted by Gasteiger charge is 2.46. The van der Waals surface area contributed by atoms with E-state index in [-0.39, 0.29) is 11.4 Å². The molecule has 0 atom stereocenters. The zero-order valence-corrected chi connectivity index (χ0v) is 9.17. The third-order valence-corrected chi connectivity index (χ3v) is 3.49. The number of methoxy groups -OCH3 is 1. The lowest BCUT2D eigenvalue weighted by molar-refractivity contribution is -0.123. The van der Waals surface area contributed by atoms with E-state index < -0.39 is 0 Å². The van der Waals surface area contributed by atoms with Crippen molar-refractivity contribution in [2.75, 3.05) is 17.7 Å². The summed E-state index contributed by atoms with van der Waals surface area (Å²) in [6.45, 7) is 0. The zero-order valence-electron chi connectivity index (χ0n) is 9.17. The number of amides is 1. The first-order valence-corrected chi connectivity index (χ1v) is 5.51. The maximum atomic E-state index is 11.9. The highest BCUT2D eigenvalue weighted by molar-refractivity contribution is 6.06. The number of carbonyl (C=O) groups excluding carboxylic acids is 1. The summed E-state index contributed by atoms with van der Waals surface area (Å²) in [7, 11) is 1.64. The van der Waals surface area contributed by atoms with Crippen LogP contribution in [-0.4, -0.2) is 18.6 Å². The first-order chi connectivity index (χ1) is 7.73. The van der Waals surface area contributed by atoms with E-state index >= 15 is 0 Å². The summed E-state index contributed by atoms with van der Waals surface area (Å²) >= 11 is 0. The number of fused-ring (bicyclic) bond motifs is 1. The van der Waals surface area contributed by atoms with Gasteiger partial charge in [0.05, 0.1) is 18.5 Å². The summed E-state index contributed by atoms with van der Waals surface area (Å²) in [5.41, 5.74) is 1.43. The van der Waals surface area contributed by atoms with E-state index in [9.17, 15) is 4.79 Å². The van der Waals surface area contributed by atoms with Crippen molar-refractivity contribution in [3.05, 3.63) is 18.2 Å². The molecule has 1 heterocycles. The number of benzene rings is 1. The summed E-state index contributed by atoms with van der Waals surface area (Å²) in [4.78, 5) is 11.9. The van der Waals surface area contributed by atoms with Crippen LogP contribution in [0, 0.1) is 0 Å². The van der Waals surface area contributed by atoms with Crippen molar-refractivity contribution in [2.45, 2.75) is 24.8 Å². The van der Waals surface area contributed by atoms with Crippen LogP contribution in [0.25, 0.3) is 0 Å². The van der Waals surface area contributed by atoms with Crippen LogP contribution in [0.3, 0.4) is 0 Å². The van der Waals surface area contributed by atoms with Gasteiger partial charge in [0.25, 0.3) is 0 Å². The molecule has 1 amide bonds. The molecule has 0 aromatic heterocycles. The number of anilines is 2. The van der Waals surface area contributed by atoms with Gasteiger partial charge in [-0.3, -0.25) is 4.79 Å². The Hall–Kier alpha value is -1.71. The molecular formula is C12H14N2O2. The molecule has 2 aliphatic rings. The first-order valence-electron chi connectivity index (χ1n) is 5.51. The number of nitrogens with one attached hydrogen (secondary N) is 2. The molecule has 1 aromatic rings. The summed E-state index contributed by atoms with van der Waals surface area (Å²) in [5, 5.41) is 6.29. The van der Waals surface area contributed by atoms with Crippen molar-refractivity contribution in [1.29, 1.82) is 0 Å². The number of hydrogen-bond acceptors (Lipinski definition) is 3. The third kappa shape index (κ3) is 1.19.